The predicted octanol–water partition coefficient (Wildman–Crippen LogP) is 1.44. The second-order valence-corrected chi connectivity index (χ2v) is 4.96. The van der Waals surface area contributed by atoms with E-state index in [1.165, 1.54) is 7.11 Å². The van der Waals surface area contributed by atoms with Crippen LogP contribution < -0.4 is 0 Å². The normalized spacial score (nSPS) is 20.4. The molecule has 1 saturated heterocycles. The van der Waals surface area contributed by atoms with E-state index >= 15 is 0 Å². The van der Waals surface area contributed by atoms with Gasteiger partial charge < -0.3 is 9.84 Å². The van der Waals surface area contributed by atoms with Crippen LogP contribution in [0.1, 0.15) is 5.56 Å². The average Bonchev–Trinajstić information content (AvgIpc) is 2.76. The largest absolute Gasteiger partial charge is 0.508 e. The van der Waals surface area contributed by atoms with Gasteiger partial charge in [-0.1, -0.05) is 12.1 Å². The first-order valence-electron chi connectivity index (χ1n) is 5.38. The fourth-order valence-electron chi connectivity index (χ4n) is 1.88. The quantitative estimate of drug-likeness (QED) is 0.826. The Balaban J connectivity index is 2.05. The molecule has 1 aliphatic rings. The van der Waals surface area contributed by atoms with Crippen molar-refractivity contribution in [3.05, 3.63) is 29.8 Å². The van der Waals surface area contributed by atoms with Gasteiger partial charge in [0.15, 0.2) is 0 Å². The highest BCUT2D eigenvalue weighted by molar-refractivity contribution is 7.99. The Morgan fingerprint density at radius 3 is 3.18 bits per heavy atom. The number of phenols is 1. The van der Waals surface area contributed by atoms with Gasteiger partial charge in [-0.3, -0.25) is 9.69 Å². The van der Waals surface area contributed by atoms with Crippen molar-refractivity contribution >= 4 is 17.7 Å². The molecule has 0 radical (unpaired) electrons. The van der Waals surface area contributed by atoms with Gasteiger partial charge in [-0.05, 0) is 17.7 Å². The van der Waals surface area contributed by atoms with Crippen molar-refractivity contribution < 1.29 is 14.6 Å². The number of hydrogen-bond acceptors (Lipinski definition) is 5. The molecule has 4 nitrogen and oxygen atoms in total. The first kappa shape index (κ1) is 12.3. The summed E-state index contributed by atoms with van der Waals surface area (Å²) in [6.45, 7) is 0.654. The summed E-state index contributed by atoms with van der Waals surface area (Å²) >= 11 is 1.72. The summed E-state index contributed by atoms with van der Waals surface area (Å²) in [5.41, 5.74) is 1.00. The van der Waals surface area contributed by atoms with Gasteiger partial charge in [-0.2, -0.15) is 0 Å². The van der Waals surface area contributed by atoms with Crippen LogP contribution in [0.2, 0.25) is 0 Å². The zero-order valence-electron chi connectivity index (χ0n) is 9.63. The molecule has 2 rings (SSSR count). The molecule has 0 amide bonds. The molecule has 1 aliphatic heterocycles. The maximum absolute atomic E-state index is 11.6. The highest BCUT2D eigenvalue weighted by Gasteiger charge is 2.31. The van der Waals surface area contributed by atoms with E-state index in [2.05, 4.69) is 4.90 Å². The van der Waals surface area contributed by atoms with Gasteiger partial charge in [0.1, 0.15) is 11.8 Å². The summed E-state index contributed by atoms with van der Waals surface area (Å²) in [5.74, 6) is 1.65. The van der Waals surface area contributed by atoms with E-state index in [0.29, 0.717) is 6.54 Å². The lowest BCUT2D eigenvalue weighted by Gasteiger charge is -2.21. The third kappa shape index (κ3) is 2.92. The second kappa shape index (κ2) is 5.42. The van der Waals surface area contributed by atoms with Gasteiger partial charge in [0.25, 0.3) is 0 Å². The lowest BCUT2D eigenvalue weighted by molar-refractivity contribution is -0.145. The fraction of sp³-hybridized carbons (Fsp3) is 0.417. The van der Waals surface area contributed by atoms with Crippen LogP contribution in [0.25, 0.3) is 0 Å². The summed E-state index contributed by atoms with van der Waals surface area (Å²) in [6.07, 6.45) is 0. The van der Waals surface area contributed by atoms with Crippen LogP contribution in [-0.4, -0.2) is 40.8 Å². The monoisotopic (exact) mass is 253 g/mol. The van der Waals surface area contributed by atoms with Gasteiger partial charge in [-0.15, -0.1) is 11.8 Å². The number of nitrogens with zero attached hydrogens (tertiary/aromatic N) is 1. The van der Waals surface area contributed by atoms with Gasteiger partial charge in [0.2, 0.25) is 0 Å². The number of phenolic OH excluding ortho intramolecular Hbond substituents is 1. The number of esters is 1. The number of methoxy groups -OCH3 is 1. The van der Waals surface area contributed by atoms with Crippen molar-refractivity contribution in [2.24, 2.45) is 0 Å². The molecule has 17 heavy (non-hydrogen) atoms. The minimum atomic E-state index is -0.185. The number of benzene rings is 1. The molecule has 0 saturated carbocycles. The second-order valence-electron chi connectivity index (χ2n) is 3.96. The Bertz CT molecular complexity index is 410. The van der Waals surface area contributed by atoms with E-state index < -0.39 is 0 Å². The molecule has 1 aromatic rings. The van der Waals surface area contributed by atoms with Gasteiger partial charge in [-0.25, -0.2) is 0 Å². The molecule has 0 aromatic heterocycles. The van der Waals surface area contributed by atoms with Crippen LogP contribution in [0.4, 0.5) is 0 Å². The van der Waals surface area contributed by atoms with Crippen molar-refractivity contribution in [3.8, 4) is 5.75 Å². The third-order valence-corrected chi connectivity index (χ3v) is 3.81. The number of carbonyl (C=O) groups excluding carboxylic acids is 1. The van der Waals surface area contributed by atoms with Gasteiger partial charge >= 0.3 is 5.97 Å². The number of aromatic hydroxyl groups is 1. The van der Waals surface area contributed by atoms with Crippen molar-refractivity contribution in [2.45, 2.75) is 12.6 Å². The number of ether oxygens (including phenoxy) is 1. The molecular weight excluding hydrogens is 238 g/mol. The highest BCUT2D eigenvalue weighted by Crippen LogP contribution is 2.24. The number of rotatable bonds is 3. The molecule has 5 heteroatoms. The van der Waals surface area contributed by atoms with E-state index in [1.807, 2.05) is 6.07 Å². The Kier molecular flexibility index (Phi) is 3.91. The minimum Gasteiger partial charge on any atom is -0.508 e. The smallest absolute Gasteiger partial charge is 0.323 e. The number of thioether (sulfide) groups is 1. The third-order valence-electron chi connectivity index (χ3n) is 2.74. The number of carbonyl (C=O) groups is 1. The molecule has 1 unspecified atom stereocenters. The summed E-state index contributed by atoms with van der Waals surface area (Å²) < 4.78 is 4.78. The summed E-state index contributed by atoms with van der Waals surface area (Å²) in [5, 5.41) is 9.39. The van der Waals surface area contributed by atoms with Crippen LogP contribution in [-0.2, 0) is 16.1 Å². The molecule has 1 aromatic carbocycles. The summed E-state index contributed by atoms with van der Waals surface area (Å²) in [7, 11) is 1.41. The maximum atomic E-state index is 11.6. The number of hydrogen-bond donors (Lipinski definition) is 1. The lowest BCUT2D eigenvalue weighted by Crippen LogP contribution is -2.38. The van der Waals surface area contributed by atoms with Gasteiger partial charge in [0, 0.05) is 18.2 Å². The van der Waals surface area contributed by atoms with Crippen LogP contribution in [0.5, 0.6) is 5.75 Å². The highest BCUT2D eigenvalue weighted by atomic mass is 32.2. The maximum Gasteiger partial charge on any atom is 0.323 e. The Morgan fingerprint density at radius 1 is 1.65 bits per heavy atom. The molecule has 1 heterocycles. The van der Waals surface area contributed by atoms with Crippen LogP contribution >= 0.6 is 11.8 Å². The minimum absolute atomic E-state index is 0.174. The van der Waals surface area contributed by atoms with Crippen LogP contribution in [0.3, 0.4) is 0 Å². The first-order chi connectivity index (χ1) is 8.20. The molecule has 0 aliphatic carbocycles. The Labute approximate surface area is 105 Å². The van der Waals surface area contributed by atoms with Crippen molar-refractivity contribution in [3.63, 3.8) is 0 Å². The molecule has 1 atom stereocenters. The zero-order valence-corrected chi connectivity index (χ0v) is 10.4. The molecule has 1 fully saturated rings. The van der Waals surface area contributed by atoms with Crippen molar-refractivity contribution in [1.82, 2.24) is 4.90 Å². The molecular formula is C12H15NO3S. The fourth-order valence-corrected chi connectivity index (χ4v) is 3.06. The van der Waals surface area contributed by atoms with E-state index in [4.69, 9.17) is 4.74 Å². The van der Waals surface area contributed by atoms with Crippen molar-refractivity contribution in [1.29, 1.82) is 0 Å². The van der Waals surface area contributed by atoms with E-state index in [1.54, 1.807) is 30.0 Å². The van der Waals surface area contributed by atoms with Crippen LogP contribution in [0.15, 0.2) is 24.3 Å². The van der Waals surface area contributed by atoms with E-state index in [9.17, 15) is 9.90 Å². The van der Waals surface area contributed by atoms with E-state index in [-0.39, 0.29) is 17.8 Å². The Hall–Kier alpha value is -1.20. The van der Waals surface area contributed by atoms with Crippen LogP contribution in [0, 0.1) is 0 Å². The molecule has 1 N–H and O–H groups in total. The average molecular weight is 253 g/mol. The topological polar surface area (TPSA) is 49.8 Å². The first-order valence-corrected chi connectivity index (χ1v) is 6.53. The molecule has 0 spiro atoms. The SMILES string of the molecule is COC(=O)C1CSCN1Cc1cccc(O)c1. The predicted molar refractivity (Wildman–Crippen MR) is 66.8 cm³/mol. The van der Waals surface area contributed by atoms with Crippen molar-refractivity contribution in [2.75, 3.05) is 18.7 Å². The summed E-state index contributed by atoms with van der Waals surface area (Å²) in [6, 6.07) is 6.93. The van der Waals surface area contributed by atoms with Gasteiger partial charge in [0.05, 0.1) is 7.11 Å². The standard InChI is InChI=1S/C12H15NO3S/c1-16-12(15)11-7-17-8-13(11)6-9-3-2-4-10(14)5-9/h2-5,11,14H,6-8H2,1H3. The van der Waals surface area contributed by atoms with E-state index in [0.717, 1.165) is 17.2 Å². The lowest BCUT2D eigenvalue weighted by atomic mass is 10.2. The molecule has 92 valence electrons. The zero-order chi connectivity index (χ0) is 12.3. The molecule has 0 bridgehead atoms. The Morgan fingerprint density at radius 2 is 2.47 bits per heavy atom. The summed E-state index contributed by atoms with van der Waals surface area (Å²) in [4.78, 5) is 13.6.